The van der Waals surface area contributed by atoms with Crippen LogP contribution in [0.25, 0.3) is 0 Å². The fourth-order valence-corrected chi connectivity index (χ4v) is 2.27. The van der Waals surface area contributed by atoms with E-state index in [1.54, 1.807) is 7.11 Å². The molecule has 5 heteroatoms. The Balaban J connectivity index is 2.06. The lowest BCUT2D eigenvalue weighted by atomic mass is 10.1. The molecule has 0 bridgehead atoms. The number of rotatable bonds is 7. The van der Waals surface area contributed by atoms with Gasteiger partial charge in [0.1, 0.15) is 5.82 Å². The van der Waals surface area contributed by atoms with Gasteiger partial charge >= 0.3 is 0 Å². The maximum atomic E-state index is 6.19. The molecule has 0 saturated heterocycles. The number of hydrogen-bond donors (Lipinski definition) is 1. The second-order valence-corrected chi connectivity index (χ2v) is 5.26. The van der Waals surface area contributed by atoms with Gasteiger partial charge in [0.15, 0.2) is 0 Å². The summed E-state index contributed by atoms with van der Waals surface area (Å²) in [5.74, 6) is 0.798. The average molecular weight is 306 g/mol. The Labute approximate surface area is 130 Å². The number of nitrogens with one attached hydrogen (secondary N) is 1. The monoisotopic (exact) mass is 305 g/mol. The third kappa shape index (κ3) is 5.08. The van der Waals surface area contributed by atoms with Crippen LogP contribution >= 0.6 is 11.6 Å². The molecule has 1 aromatic heterocycles. The van der Waals surface area contributed by atoms with Gasteiger partial charge in [0.2, 0.25) is 0 Å². The Bertz CT molecular complexity index is 589. The van der Waals surface area contributed by atoms with Crippen LogP contribution < -0.4 is 5.32 Å². The predicted molar refractivity (Wildman–Crippen MR) is 84.6 cm³/mol. The Morgan fingerprint density at radius 2 is 2.05 bits per heavy atom. The van der Waals surface area contributed by atoms with E-state index in [0.29, 0.717) is 19.6 Å². The van der Waals surface area contributed by atoms with Crippen molar-refractivity contribution in [3.8, 4) is 0 Å². The average Bonchev–Trinajstić information content (AvgIpc) is 2.46. The molecule has 0 aliphatic rings. The van der Waals surface area contributed by atoms with Gasteiger partial charge in [-0.1, -0.05) is 29.8 Å². The molecule has 0 unspecified atom stereocenters. The van der Waals surface area contributed by atoms with Crippen molar-refractivity contribution in [3.05, 3.63) is 58.1 Å². The first-order valence-electron chi connectivity index (χ1n) is 6.95. The normalized spacial score (nSPS) is 10.8. The van der Waals surface area contributed by atoms with Gasteiger partial charge in [0, 0.05) is 37.3 Å². The largest absolute Gasteiger partial charge is 0.383 e. The maximum absolute atomic E-state index is 6.19. The molecule has 0 spiro atoms. The molecule has 0 amide bonds. The lowest BCUT2D eigenvalue weighted by Crippen LogP contribution is -2.20. The summed E-state index contributed by atoms with van der Waals surface area (Å²) in [6, 6.07) is 9.79. The molecule has 0 radical (unpaired) electrons. The second-order valence-electron chi connectivity index (χ2n) is 4.85. The van der Waals surface area contributed by atoms with Gasteiger partial charge in [0.25, 0.3) is 0 Å². The number of hydrogen-bond acceptors (Lipinski definition) is 4. The summed E-state index contributed by atoms with van der Waals surface area (Å²) in [4.78, 5) is 9.09. The summed E-state index contributed by atoms with van der Waals surface area (Å²) >= 11 is 6.19. The summed E-state index contributed by atoms with van der Waals surface area (Å²) in [7, 11) is 1.69. The molecule has 112 valence electrons. The summed E-state index contributed by atoms with van der Waals surface area (Å²) in [5, 5.41) is 4.04. The van der Waals surface area contributed by atoms with Crippen molar-refractivity contribution in [2.24, 2.45) is 0 Å². The smallest absolute Gasteiger partial charge is 0.133 e. The summed E-state index contributed by atoms with van der Waals surface area (Å²) < 4.78 is 5.01. The van der Waals surface area contributed by atoms with Crippen LogP contribution in [-0.4, -0.2) is 30.2 Å². The zero-order chi connectivity index (χ0) is 15.1. The van der Waals surface area contributed by atoms with E-state index >= 15 is 0 Å². The predicted octanol–water partition coefficient (Wildman–Crippen LogP) is 2.77. The third-order valence-corrected chi connectivity index (χ3v) is 3.42. The van der Waals surface area contributed by atoms with Gasteiger partial charge in [-0.05, 0) is 24.6 Å². The number of aryl methyl sites for hydroxylation is 1. The van der Waals surface area contributed by atoms with Crippen LogP contribution in [0.3, 0.4) is 0 Å². The maximum Gasteiger partial charge on any atom is 0.133 e. The minimum Gasteiger partial charge on any atom is -0.383 e. The van der Waals surface area contributed by atoms with Crippen molar-refractivity contribution in [3.63, 3.8) is 0 Å². The fourth-order valence-electron chi connectivity index (χ4n) is 2.07. The molecule has 1 heterocycles. The molecular weight excluding hydrogens is 286 g/mol. The van der Waals surface area contributed by atoms with Crippen LogP contribution in [0.1, 0.15) is 22.8 Å². The van der Waals surface area contributed by atoms with Crippen LogP contribution in [-0.2, 0) is 17.7 Å². The Morgan fingerprint density at radius 3 is 2.81 bits per heavy atom. The molecule has 21 heavy (non-hydrogen) atoms. The molecular formula is C16H20ClN3O. The summed E-state index contributed by atoms with van der Waals surface area (Å²) in [5.41, 5.74) is 3.00. The zero-order valence-corrected chi connectivity index (χ0v) is 13.2. The Morgan fingerprint density at radius 1 is 1.24 bits per heavy atom. The standard InChI is InChI=1S/C16H20ClN3O/c1-12-9-14(11-18-7-8-21-2)20-16(19-12)10-13-5-3-4-6-15(13)17/h3-6,9,18H,7-8,10-11H2,1-2H3. The molecule has 2 aromatic rings. The second kappa shape index (κ2) is 8.08. The summed E-state index contributed by atoms with van der Waals surface area (Å²) in [6.45, 7) is 4.19. The molecule has 0 aliphatic carbocycles. The minimum atomic E-state index is 0.645. The van der Waals surface area contributed by atoms with Crippen LogP contribution in [0.15, 0.2) is 30.3 Å². The van der Waals surface area contributed by atoms with Gasteiger partial charge in [-0.25, -0.2) is 9.97 Å². The van der Waals surface area contributed by atoms with Gasteiger partial charge < -0.3 is 10.1 Å². The van der Waals surface area contributed by atoms with Crippen LogP contribution in [0.2, 0.25) is 5.02 Å². The number of ether oxygens (including phenoxy) is 1. The van der Waals surface area contributed by atoms with E-state index in [0.717, 1.165) is 34.3 Å². The molecule has 2 rings (SSSR count). The van der Waals surface area contributed by atoms with E-state index < -0.39 is 0 Å². The first kappa shape index (κ1) is 15.9. The number of nitrogens with zero attached hydrogens (tertiary/aromatic N) is 2. The first-order chi connectivity index (χ1) is 10.2. The van der Waals surface area contributed by atoms with Gasteiger partial charge in [-0.2, -0.15) is 0 Å². The Hall–Kier alpha value is -1.49. The molecule has 0 atom stereocenters. The van der Waals surface area contributed by atoms with Crippen LogP contribution in [0.5, 0.6) is 0 Å². The van der Waals surface area contributed by atoms with Crippen molar-refractivity contribution in [1.82, 2.24) is 15.3 Å². The molecule has 4 nitrogen and oxygen atoms in total. The van der Waals surface area contributed by atoms with E-state index in [2.05, 4.69) is 15.3 Å². The highest BCUT2D eigenvalue weighted by atomic mass is 35.5. The van der Waals surface area contributed by atoms with Gasteiger partial charge in [-0.3, -0.25) is 0 Å². The minimum absolute atomic E-state index is 0.645. The third-order valence-electron chi connectivity index (χ3n) is 3.05. The van der Waals surface area contributed by atoms with E-state index in [1.807, 2.05) is 37.3 Å². The van der Waals surface area contributed by atoms with Crippen molar-refractivity contribution >= 4 is 11.6 Å². The highest BCUT2D eigenvalue weighted by Crippen LogP contribution is 2.17. The molecule has 1 N–H and O–H groups in total. The van der Waals surface area contributed by atoms with Crippen molar-refractivity contribution < 1.29 is 4.74 Å². The van der Waals surface area contributed by atoms with Crippen LogP contribution in [0, 0.1) is 6.92 Å². The SMILES string of the molecule is COCCNCc1cc(C)nc(Cc2ccccc2Cl)n1. The van der Waals surface area contributed by atoms with Crippen molar-refractivity contribution in [2.45, 2.75) is 19.9 Å². The number of aromatic nitrogens is 2. The van der Waals surface area contributed by atoms with E-state index in [9.17, 15) is 0 Å². The van der Waals surface area contributed by atoms with E-state index in [-0.39, 0.29) is 0 Å². The van der Waals surface area contributed by atoms with Crippen LogP contribution in [0.4, 0.5) is 0 Å². The Kier molecular flexibility index (Phi) is 6.11. The molecule has 1 aromatic carbocycles. The molecule has 0 fully saturated rings. The number of methoxy groups -OCH3 is 1. The zero-order valence-electron chi connectivity index (χ0n) is 12.4. The van der Waals surface area contributed by atoms with E-state index in [4.69, 9.17) is 16.3 Å². The van der Waals surface area contributed by atoms with E-state index in [1.165, 1.54) is 0 Å². The highest BCUT2D eigenvalue weighted by Gasteiger charge is 2.06. The molecule has 0 saturated carbocycles. The lowest BCUT2D eigenvalue weighted by molar-refractivity contribution is 0.199. The van der Waals surface area contributed by atoms with Gasteiger partial charge in [0.05, 0.1) is 12.3 Å². The van der Waals surface area contributed by atoms with Gasteiger partial charge in [-0.15, -0.1) is 0 Å². The fraction of sp³-hybridized carbons (Fsp3) is 0.375. The quantitative estimate of drug-likeness (QED) is 0.799. The van der Waals surface area contributed by atoms with Crippen molar-refractivity contribution in [1.29, 1.82) is 0 Å². The molecule has 0 aliphatic heterocycles. The lowest BCUT2D eigenvalue weighted by Gasteiger charge is -2.08. The van der Waals surface area contributed by atoms with Crippen molar-refractivity contribution in [2.75, 3.05) is 20.3 Å². The number of benzene rings is 1. The number of halogens is 1. The topological polar surface area (TPSA) is 47.0 Å². The first-order valence-corrected chi connectivity index (χ1v) is 7.33. The highest BCUT2D eigenvalue weighted by molar-refractivity contribution is 6.31. The summed E-state index contributed by atoms with van der Waals surface area (Å²) in [6.07, 6.45) is 0.645.